The van der Waals surface area contributed by atoms with Gasteiger partial charge in [0.15, 0.2) is 5.65 Å². The molecule has 0 aliphatic rings. The molecule has 80 valence electrons. The summed E-state index contributed by atoms with van der Waals surface area (Å²) in [4.78, 5) is 10.1. The van der Waals surface area contributed by atoms with Crippen LogP contribution in [0.5, 0.6) is 0 Å². The van der Waals surface area contributed by atoms with Crippen molar-refractivity contribution in [2.24, 2.45) is 0 Å². The van der Waals surface area contributed by atoms with Crippen LogP contribution in [0.3, 0.4) is 0 Å². The molecule has 0 saturated carbocycles. The third-order valence-corrected chi connectivity index (χ3v) is 1.76. The Hall–Kier alpha value is -1.70. The Bertz CT molecular complexity index is 492. The van der Waals surface area contributed by atoms with Crippen molar-refractivity contribution < 1.29 is 18.3 Å². The fraction of sp³-hybridized carbons (Fsp3) is 0.286. The lowest BCUT2D eigenvalue weighted by atomic mass is 10.5. The van der Waals surface area contributed by atoms with Gasteiger partial charge < -0.3 is 5.11 Å². The molecule has 0 spiro atoms. The maximum absolute atomic E-state index is 12.2. The second-order valence-electron chi connectivity index (χ2n) is 2.76. The summed E-state index contributed by atoms with van der Waals surface area (Å²) in [5, 5.41) is 8.80. The molecular weight excluding hydrogens is 213 g/mol. The SMILES string of the molecule is OCn1cnc2cnc(C(F)(F)F)nc21. The number of alkyl halides is 3. The van der Waals surface area contributed by atoms with E-state index in [1.54, 1.807) is 0 Å². The Kier molecular flexibility index (Phi) is 2.07. The number of aliphatic hydroxyl groups excluding tert-OH is 1. The van der Waals surface area contributed by atoms with E-state index in [4.69, 9.17) is 5.11 Å². The Morgan fingerprint density at radius 2 is 2.07 bits per heavy atom. The van der Waals surface area contributed by atoms with Gasteiger partial charge in [0.25, 0.3) is 0 Å². The first-order valence-electron chi connectivity index (χ1n) is 3.88. The van der Waals surface area contributed by atoms with Crippen molar-refractivity contribution in [1.82, 2.24) is 19.5 Å². The number of imidazole rings is 1. The van der Waals surface area contributed by atoms with Crippen LogP contribution in [0, 0.1) is 0 Å². The number of aromatic nitrogens is 4. The van der Waals surface area contributed by atoms with Gasteiger partial charge in [-0.3, -0.25) is 4.57 Å². The van der Waals surface area contributed by atoms with E-state index in [0.717, 1.165) is 10.8 Å². The molecule has 0 amide bonds. The van der Waals surface area contributed by atoms with Crippen molar-refractivity contribution in [1.29, 1.82) is 0 Å². The third-order valence-electron chi connectivity index (χ3n) is 1.76. The van der Waals surface area contributed by atoms with E-state index in [1.807, 2.05) is 0 Å². The molecule has 2 rings (SSSR count). The van der Waals surface area contributed by atoms with E-state index in [0.29, 0.717) is 0 Å². The van der Waals surface area contributed by atoms with Gasteiger partial charge in [-0.25, -0.2) is 15.0 Å². The minimum Gasteiger partial charge on any atom is -0.376 e. The molecule has 0 fully saturated rings. The molecule has 5 nitrogen and oxygen atoms in total. The Morgan fingerprint density at radius 3 is 2.67 bits per heavy atom. The lowest BCUT2D eigenvalue weighted by molar-refractivity contribution is -0.144. The van der Waals surface area contributed by atoms with Crippen molar-refractivity contribution >= 4 is 11.2 Å². The Labute approximate surface area is 81.2 Å². The van der Waals surface area contributed by atoms with Gasteiger partial charge in [0, 0.05) is 0 Å². The van der Waals surface area contributed by atoms with Crippen LogP contribution in [-0.2, 0) is 12.9 Å². The number of fused-ring (bicyclic) bond motifs is 1. The normalized spacial score (nSPS) is 12.3. The molecule has 15 heavy (non-hydrogen) atoms. The Morgan fingerprint density at radius 1 is 1.33 bits per heavy atom. The summed E-state index contributed by atoms with van der Waals surface area (Å²) in [6.45, 7) is -0.481. The highest BCUT2D eigenvalue weighted by molar-refractivity contribution is 5.69. The van der Waals surface area contributed by atoms with Crippen LogP contribution < -0.4 is 0 Å². The van der Waals surface area contributed by atoms with Gasteiger partial charge in [-0.2, -0.15) is 13.2 Å². The first kappa shape index (κ1) is 9.84. The number of rotatable bonds is 1. The van der Waals surface area contributed by atoms with Crippen molar-refractivity contribution in [3.8, 4) is 0 Å². The minimum absolute atomic E-state index is 0.0418. The van der Waals surface area contributed by atoms with Crippen LogP contribution in [0.15, 0.2) is 12.5 Å². The number of hydrogen-bond donors (Lipinski definition) is 1. The maximum Gasteiger partial charge on any atom is 0.451 e. The molecular formula is C7H5F3N4O. The number of nitrogens with zero attached hydrogens (tertiary/aromatic N) is 4. The molecule has 0 aliphatic carbocycles. The van der Waals surface area contributed by atoms with E-state index in [1.165, 1.54) is 6.33 Å². The molecule has 8 heteroatoms. The van der Waals surface area contributed by atoms with Gasteiger partial charge in [0.2, 0.25) is 5.82 Å². The molecule has 2 heterocycles. The second-order valence-corrected chi connectivity index (χ2v) is 2.76. The topological polar surface area (TPSA) is 63.8 Å². The summed E-state index contributed by atoms with van der Waals surface area (Å²) in [5.74, 6) is -1.25. The van der Waals surface area contributed by atoms with Crippen LogP contribution in [-0.4, -0.2) is 24.6 Å². The van der Waals surface area contributed by atoms with Crippen molar-refractivity contribution in [2.75, 3.05) is 0 Å². The predicted molar refractivity (Wildman–Crippen MR) is 42.5 cm³/mol. The van der Waals surface area contributed by atoms with Crippen molar-refractivity contribution in [3.05, 3.63) is 18.3 Å². The lowest BCUT2D eigenvalue weighted by Gasteiger charge is -2.04. The zero-order valence-electron chi connectivity index (χ0n) is 7.23. The molecule has 0 radical (unpaired) electrons. The second kappa shape index (κ2) is 3.16. The molecule has 1 N–H and O–H groups in total. The Balaban J connectivity index is 2.63. The molecule has 0 unspecified atom stereocenters. The van der Waals surface area contributed by atoms with Crippen LogP contribution in [0.25, 0.3) is 11.2 Å². The van der Waals surface area contributed by atoms with Gasteiger partial charge in [-0.1, -0.05) is 0 Å². The van der Waals surface area contributed by atoms with Gasteiger partial charge >= 0.3 is 6.18 Å². The van der Waals surface area contributed by atoms with E-state index in [-0.39, 0.29) is 11.2 Å². The van der Waals surface area contributed by atoms with E-state index in [2.05, 4.69) is 15.0 Å². The van der Waals surface area contributed by atoms with E-state index >= 15 is 0 Å². The monoisotopic (exact) mass is 218 g/mol. The number of hydrogen-bond acceptors (Lipinski definition) is 4. The maximum atomic E-state index is 12.2. The van der Waals surface area contributed by atoms with Crippen LogP contribution in [0.1, 0.15) is 5.82 Å². The van der Waals surface area contributed by atoms with E-state index < -0.39 is 18.7 Å². The van der Waals surface area contributed by atoms with Crippen LogP contribution in [0.4, 0.5) is 13.2 Å². The predicted octanol–water partition coefficient (Wildman–Crippen LogP) is 0.795. The zero-order chi connectivity index (χ0) is 11.1. The summed E-state index contributed by atoms with van der Waals surface area (Å²) >= 11 is 0. The minimum atomic E-state index is -4.60. The highest BCUT2D eigenvalue weighted by Gasteiger charge is 2.35. The third kappa shape index (κ3) is 1.63. The quantitative estimate of drug-likeness (QED) is 0.768. The first-order chi connectivity index (χ1) is 7.02. The fourth-order valence-electron chi connectivity index (χ4n) is 1.10. The highest BCUT2D eigenvalue weighted by atomic mass is 19.4. The van der Waals surface area contributed by atoms with Gasteiger partial charge in [0.05, 0.1) is 12.5 Å². The summed E-state index contributed by atoms with van der Waals surface area (Å²) in [6, 6.07) is 0. The van der Waals surface area contributed by atoms with Gasteiger partial charge in [-0.05, 0) is 0 Å². The van der Waals surface area contributed by atoms with Gasteiger partial charge in [0.1, 0.15) is 12.2 Å². The summed E-state index contributed by atoms with van der Waals surface area (Å²) in [7, 11) is 0. The summed E-state index contributed by atoms with van der Waals surface area (Å²) in [6.07, 6.45) is -2.43. The average molecular weight is 218 g/mol. The summed E-state index contributed by atoms with van der Waals surface area (Å²) < 4.78 is 37.8. The molecule has 0 bridgehead atoms. The molecule has 0 atom stereocenters. The largest absolute Gasteiger partial charge is 0.451 e. The molecule has 0 saturated heterocycles. The fourth-order valence-corrected chi connectivity index (χ4v) is 1.10. The zero-order valence-corrected chi connectivity index (χ0v) is 7.23. The lowest BCUT2D eigenvalue weighted by Crippen LogP contribution is -2.11. The molecule has 0 aliphatic heterocycles. The first-order valence-corrected chi connectivity index (χ1v) is 3.88. The molecule has 0 aromatic carbocycles. The smallest absolute Gasteiger partial charge is 0.376 e. The van der Waals surface area contributed by atoms with Crippen molar-refractivity contribution in [2.45, 2.75) is 12.9 Å². The van der Waals surface area contributed by atoms with Crippen LogP contribution in [0.2, 0.25) is 0 Å². The van der Waals surface area contributed by atoms with Gasteiger partial charge in [-0.15, -0.1) is 0 Å². The highest BCUT2D eigenvalue weighted by Crippen LogP contribution is 2.26. The van der Waals surface area contributed by atoms with Crippen molar-refractivity contribution in [3.63, 3.8) is 0 Å². The number of halogens is 3. The summed E-state index contributed by atoms with van der Waals surface area (Å²) in [5.41, 5.74) is 0.164. The molecule has 2 aromatic rings. The number of aliphatic hydroxyl groups is 1. The standard InChI is InChI=1S/C7H5F3N4O/c8-7(9,10)6-11-1-4-5(13-6)14(3-15)2-12-4/h1-2,15H,3H2. The van der Waals surface area contributed by atoms with Crippen LogP contribution >= 0.6 is 0 Å². The molecule has 2 aromatic heterocycles. The van der Waals surface area contributed by atoms with E-state index in [9.17, 15) is 13.2 Å². The average Bonchev–Trinajstić information content (AvgIpc) is 2.57.